The number of rotatable bonds is 7. The molecular weight excluding hydrogens is 386 g/mol. The van der Waals surface area contributed by atoms with Gasteiger partial charge < -0.3 is 15.0 Å². The highest BCUT2D eigenvalue weighted by Crippen LogP contribution is 2.41. The molecule has 1 aliphatic rings. The average Bonchev–Trinajstić information content (AvgIpc) is 2.69. The molecule has 0 bridgehead atoms. The lowest BCUT2D eigenvalue weighted by molar-refractivity contribution is -0.115. The van der Waals surface area contributed by atoms with Crippen molar-refractivity contribution in [2.45, 2.75) is 63.8 Å². The zero-order valence-corrected chi connectivity index (χ0v) is 18.1. The third-order valence-electron chi connectivity index (χ3n) is 5.96. The van der Waals surface area contributed by atoms with Gasteiger partial charge in [-0.1, -0.05) is 48.0 Å². The number of aliphatic hydroxyl groups excluding tert-OH is 1. The van der Waals surface area contributed by atoms with Crippen LogP contribution in [0.25, 0.3) is 0 Å². The van der Waals surface area contributed by atoms with Crippen molar-refractivity contribution >= 4 is 17.9 Å². The number of hydrogen-bond donors (Lipinski definition) is 2. The molecule has 2 aromatic rings. The molecule has 4 nitrogen and oxygen atoms in total. The number of nitrogens with zero attached hydrogens (tertiary/aromatic N) is 1. The van der Waals surface area contributed by atoms with Crippen LogP contribution < -0.4 is 0 Å². The molecule has 156 valence electrons. The number of aliphatic hydroxyl groups is 2. The van der Waals surface area contributed by atoms with Crippen LogP contribution >= 0.6 is 11.6 Å². The molecule has 0 amide bonds. The zero-order chi connectivity index (χ0) is 21.2. The molecule has 5 heteroatoms. The standard InChI is InChI=1S/C24H30ClNO3/c1-16-19-9-6-7-17(11-12-24(2,3)29)21(19)13-18(14-27)26(16)23(15-28)20-8-4-5-10-22(20)25/h4-10,15-16,18,23,27,29H,11-14H2,1-3H3/t16-,18+,23?/m0/s1. The molecule has 3 atom stereocenters. The molecule has 0 spiro atoms. The minimum absolute atomic E-state index is 0.0433. The third-order valence-corrected chi connectivity index (χ3v) is 6.30. The van der Waals surface area contributed by atoms with Crippen LogP contribution in [0.1, 0.15) is 61.5 Å². The summed E-state index contributed by atoms with van der Waals surface area (Å²) in [6.45, 7) is 5.68. The third kappa shape index (κ3) is 4.72. The number of benzene rings is 2. The van der Waals surface area contributed by atoms with Gasteiger partial charge in [0, 0.05) is 17.1 Å². The first-order chi connectivity index (χ1) is 13.8. The summed E-state index contributed by atoms with van der Waals surface area (Å²) in [4.78, 5) is 14.2. The molecule has 2 aromatic carbocycles. The lowest BCUT2D eigenvalue weighted by atomic mass is 9.82. The lowest BCUT2D eigenvalue weighted by Gasteiger charge is -2.45. The van der Waals surface area contributed by atoms with E-state index >= 15 is 0 Å². The van der Waals surface area contributed by atoms with E-state index in [2.05, 4.69) is 24.0 Å². The van der Waals surface area contributed by atoms with Gasteiger partial charge in [0.25, 0.3) is 0 Å². The molecule has 0 saturated carbocycles. The van der Waals surface area contributed by atoms with Gasteiger partial charge in [-0.25, -0.2) is 0 Å². The predicted octanol–water partition coefficient (Wildman–Crippen LogP) is 4.26. The summed E-state index contributed by atoms with van der Waals surface area (Å²) in [5.74, 6) is 0. The van der Waals surface area contributed by atoms with Crippen molar-refractivity contribution in [1.82, 2.24) is 4.90 Å². The van der Waals surface area contributed by atoms with E-state index in [-0.39, 0.29) is 18.7 Å². The van der Waals surface area contributed by atoms with Gasteiger partial charge in [-0.3, -0.25) is 4.90 Å². The molecule has 0 aliphatic carbocycles. The van der Waals surface area contributed by atoms with E-state index in [1.807, 2.05) is 38.1 Å². The van der Waals surface area contributed by atoms with Crippen LogP contribution in [0.3, 0.4) is 0 Å². The average molecular weight is 416 g/mol. The summed E-state index contributed by atoms with van der Waals surface area (Å²) >= 11 is 6.39. The van der Waals surface area contributed by atoms with Gasteiger partial charge in [0.15, 0.2) is 0 Å². The Labute approximate surface area is 178 Å². The van der Waals surface area contributed by atoms with Crippen LogP contribution in [0.4, 0.5) is 0 Å². The van der Waals surface area contributed by atoms with Crippen LogP contribution in [-0.4, -0.2) is 39.6 Å². The number of fused-ring (bicyclic) bond motifs is 1. The minimum atomic E-state index is -0.724. The Kier molecular flexibility index (Phi) is 6.79. The maximum absolute atomic E-state index is 12.1. The van der Waals surface area contributed by atoms with Gasteiger partial charge >= 0.3 is 0 Å². The van der Waals surface area contributed by atoms with Gasteiger partial charge in [-0.05, 0) is 68.4 Å². The van der Waals surface area contributed by atoms with Crippen molar-refractivity contribution in [2.75, 3.05) is 6.61 Å². The second-order valence-electron chi connectivity index (χ2n) is 8.56. The van der Waals surface area contributed by atoms with E-state index in [4.69, 9.17) is 11.6 Å². The Morgan fingerprint density at radius 1 is 1.24 bits per heavy atom. The largest absolute Gasteiger partial charge is 0.395 e. The van der Waals surface area contributed by atoms with Crippen LogP contribution in [0.5, 0.6) is 0 Å². The van der Waals surface area contributed by atoms with Crippen molar-refractivity contribution in [3.63, 3.8) is 0 Å². The number of halogens is 1. The molecule has 1 heterocycles. The first-order valence-electron chi connectivity index (χ1n) is 10.2. The first kappa shape index (κ1) is 22.0. The summed E-state index contributed by atoms with van der Waals surface area (Å²) in [6.07, 6.45) is 3.03. The van der Waals surface area contributed by atoms with Crippen LogP contribution in [0, 0.1) is 0 Å². The molecule has 0 aromatic heterocycles. The van der Waals surface area contributed by atoms with Crippen molar-refractivity contribution < 1.29 is 15.0 Å². The fraction of sp³-hybridized carbons (Fsp3) is 0.458. The number of carbonyl (C=O) groups excluding carboxylic acids is 1. The SMILES string of the molecule is C[C@H]1c2cccc(CCC(C)(C)O)c2C[C@H](CO)N1C(C=O)c1ccccc1Cl. The molecule has 0 saturated heterocycles. The molecule has 29 heavy (non-hydrogen) atoms. The smallest absolute Gasteiger partial charge is 0.141 e. The quantitative estimate of drug-likeness (QED) is 0.663. The van der Waals surface area contributed by atoms with Crippen LogP contribution in [0.2, 0.25) is 5.02 Å². The molecule has 0 radical (unpaired) electrons. The van der Waals surface area contributed by atoms with Gasteiger partial charge in [0.2, 0.25) is 0 Å². The van der Waals surface area contributed by atoms with Crippen LogP contribution in [-0.2, 0) is 17.6 Å². The number of aryl methyl sites for hydroxylation is 1. The van der Waals surface area contributed by atoms with Crippen molar-refractivity contribution in [3.05, 3.63) is 69.7 Å². The summed E-state index contributed by atoms with van der Waals surface area (Å²) in [5, 5.41) is 20.9. The van der Waals surface area contributed by atoms with E-state index < -0.39 is 11.6 Å². The van der Waals surface area contributed by atoms with Crippen molar-refractivity contribution in [1.29, 1.82) is 0 Å². The van der Waals surface area contributed by atoms with Crippen molar-refractivity contribution in [2.24, 2.45) is 0 Å². The normalized spacial score (nSPS) is 20.9. The maximum Gasteiger partial charge on any atom is 0.141 e. The van der Waals surface area contributed by atoms with Crippen molar-refractivity contribution in [3.8, 4) is 0 Å². The van der Waals surface area contributed by atoms with E-state index in [1.54, 1.807) is 6.07 Å². The Morgan fingerprint density at radius 3 is 2.59 bits per heavy atom. The van der Waals surface area contributed by atoms with Gasteiger partial charge in [-0.2, -0.15) is 0 Å². The molecule has 3 rings (SSSR count). The molecule has 0 fully saturated rings. The van der Waals surface area contributed by atoms with E-state index in [1.165, 1.54) is 16.7 Å². The monoisotopic (exact) mass is 415 g/mol. The van der Waals surface area contributed by atoms with E-state index in [9.17, 15) is 15.0 Å². The number of hydrogen-bond acceptors (Lipinski definition) is 4. The molecule has 1 aliphatic heterocycles. The summed E-state index contributed by atoms with van der Waals surface area (Å²) in [7, 11) is 0. The van der Waals surface area contributed by atoms with E-state index in [0.29, 0.717) is 17.9 Å². The summed E-state index contributed by atoms with van der Waals surface area (Å²) in [6, 6.07) is 12.9. The second-order valence-corrected chi connectivity index (χ2v) is 8.97. The molecule has 2 N–H and O–H groups in total. The Hall–Kier alpha value is -1.72. The predicted molar refractivity (Wildman–Crippen MR) is 116 cm³/mol. The Balaban J connectivity index is 2.00. The summed E-state index contributed by atoms with van der Waals surface area (Å²) in [5.41, 5.74) is 3.63. The fourth-order valence-corrected chi connectivity index (χ4v) is 4.68. The van der Waals surface area contributed by atoms with Gasteiger partial charge in [-0.15, -0.1) is 0 Å². The Bertz CT molecular complexity index is 861. The Morgan fingerprint density at radius 2 is 1.97 bits per heavy atom. The highest BCUT2D eigenvalue weighted by atomic mass is 35.5. The van der Waals surface area contributed by atoms with Crippen LogP contribution in [0.15, 0.2) is 42.5 Å². The lowest BCUT2D eigenvalue weighted by Crippen LogP contribution is -2.47. The van der Waals surface area contributed by atoms with E-state index in [0.717, 1.165) is 18.3 Å². The first-order valence-corrected chi connectivity index (χ1v) is 10.6. The van der Waals surface area contributed by atoms with Gasteiger partial charge in [0.05, 0.1) is 18.2 Å². The topological polar surface area (TPSA) is 60.8 Å². The minimum Gasteiger partial charge on any atom is -0.395 e. The zero-order valence-electron chi connectivity index (χ0n) is 17.3. The highest BCUT2D eigenvalue weighted by molar-refractivity contribution is 6.31. The number of carbonyl (C=O) groups is 1. The van der Waals surface area contributed by atoms with Gasteiger partial charge in [0.1, 0.15) is 6.29 Å². The molecule has 1 unspecified atom stereocenters. The fourth-order valence-electron chi connectivity index (χ4n) is 4.43. The summed E-state index contributed by atoms with van der Waals surface area (Å²) < 4.78 is 0. The molecular formula is C24H30ClNO3. The number of aldehydes is 1. The highest BCUT2D eigenvalue weighted by Gasteiger charge is 2.38. The second kappa shape index (κ2) is 8.97. The maximum atomic E-state index is 12.1.